The summed E-state index contributed by atoms with van der Waals surface area (Å²) >= 11 is 6.15. The maximum Gasteiger partial charge on any atom is 0.344 e. The van der Waals surface area contributed by atoms with Crippen LogP contribution in [-0.4, -0.2) is 25.2 Å². The number of benzene rings is 1. The summed E-state index contributed by atoms with van der Waals surface area (Å²) < 4.78 is 10.3. The second-order valence-corrected chi connectivity index (χ2v) is 4.75. The molecule has 0 fully saturated rings. The maximum absolute atomic E-state index is 11.3. The molecule has 1 rings (SSSR count). The number of hydrogen-bond donors (Lipinski definition) is 1. The molecule has 1 aromatic carbocycles. The van der Waals surface area contributed by atoms with Gasteiger partial charge in [0.1, 0.15) is 5.75 Å². The molecule has 1 N–H and O–H groups in total. The first-order chi connectivity index (χ1) is 9.04. The average Bonchev–Trinajstić information content (AvgIpc) is 2.35. The molecule has 0 radical (unpaired) electrons. The molecule has 0 unspecified atom stereocenters. The van der Waals surface area contributed by atoms with Crippen molar-refractivity contribution >= 4 is 17.6 Å². The fraction of sp³-hybridized carbons (Fsp3) is 0.500. The Hall–Kier alpha value is -1.26. The lowest BCUT2D eigenvalue weighted by Gasteiger charge is -2.14. The van der Waals surface area contributed by atoms with Gasteiger partial charge in [0.2, 0.25) is 0 Å². The van der Waals surface area contributed by atoms with Gasteiger partial charge >= 0.3 is 5.97 Å². The lowest BCUT2D eigenvalue weighted by Crippen LogP contribution is -2.23. The minimum absolute atomic E-state index is 0.108. The molecule has 0 bridgehead atoms. The molecule has 106 valence electrons. The van der Waals surface area contributed by atoms with Crippen LogP contribution < -0.4 is 10.1 Å². The van der Waals surface area contributed by atoms with Crippen LogP contribution in [0.4, 0.5) is 0 Å². The monoisotopic (exact) mass is 285 g/mol. The number of carbonyl (C=O) groups excluding carboxylic acids is 1. The van der Waals surface area contributed by atoms with Crippen LogP contribution in [0, 0.1) is 0 Å². The van der Waals surface area contributed by atoms with E-state index in [-0.39, 0.29) is 12.6 Å². The molecule has 0 aliphatic carbocycles. The van der Waals surface area contributed by atoms with Crippen molar-refractivity contribution in [3.05, 3.63) is 28.8 Å². The van der Waals surface area contributed by atoms with E-state index in [1.165, 1.54) is 0 Å². The van der Waals surface area contributed by atoms with E-state index in [9.17, 15) is 4.79 Å². The predicted octanol–water partition coefficient (Wildman–Crippen LogP) is 2.78. The van der Waals surface area contributed by atoms with Gasteiger partial charge < -0.3 is 14.8 Å². The number of esters is 1. The van der Waals surface area contributed by atoms with E-state index >= 15 is 0 Å². The van der Waals surface area contributed by atoms with Crippen molar-refractivity contribution in [1.29, 1.82) is 0 Å². The predicted molar refractivity (Wildman–Crippen MR) is 75.6 cm³/mol. The van der Waals surface area contributed by atoms with Crippen LogP contribution >= 0.6 is 11.6 Å². The van der Waals surface area contributed by atoms with E-state index in [0.717, 1.165) is 5.56 Å². The van der Waals surface area contributed by atoms with Crippen LogP contribution in [0.1, 0.15) is 26.3 Å². The van der Waals surface area contributed by atoms with E-state index in [1.807, 2.05) is 0 Å². The van der Waals surface area contributed by atoms with Gasteiger partial charge in [0.25, 0.3) is 0 Å². The third kappa shape index (κ3) is 5.49. The molecule has 0 saturated heterocycles. The highest BCUT2D eigenvalue weighted by molar-refractivity contribution is 6.31. The first kappa shape index (κ1) is 15.8. The molecule has 1 aromatic rings. The number of rotatable bonds is 7. The fourth-order valence-electron chi connectivity index (χ4n) is 1.49. The average molecular weight is 286 g/mol. The largest absolute Gasteiger partial charge is 0.482 e. The van der Waals surface area contributed by atoms with Crippen LogP contribution in [0.3, 0.4) is 0 Å². The second kappa shape index (κ2) is 8.02. The van der Waals surface area contributed by atoms with Crippen LogP contribution in [-0.2, 0) is 16.1 Å². The quantitative estimate of drug-likeness (QED) is 0.783. The summed E-state index contributed by atoms with van der Waals surface area (Å²) in [6.07, 6.45) is 0. The van der Waals surface area contributed by atoms with Gasteiger partial charge in [-0.3, -0.25) is 0 Å². The molecule has 0 spiro atoms. The van der Waals surface area contributed by atoms with Gasteiger partial charge in [-0.15, -0.1) is 0 Å². The molecular formula is C14H20ClNO3. The Bertz CT molecular complexity index is 421. The highest BCUT2D eigenvalue weighted by Gasteiger charge is 2.11. The summed E-state index contributed by atoms with van der Waals surface area (Å²) in [7, 11) is 0. The molecule has 5 heteroatoms. The Morgan fingerprint density at radius 1 is 1.42 bits per heavy atom. The molecule has 0 saturated carbocycles. The Kier molecular flexibility index (Phi) is 6.67. The number of carbonyl (C=O) groups is 1. The molecule has 0 aliphatic rings. The minimum atomic E-state index is -0.384. The summed E-state index contributed by atoms with van der Waals surface area (Å²) in [5.74, 6) is 0.221. The summed E-state index contributed by atoms with van der Waals surface area (Å²) in [6, 6.07) is 5.73. The first-order valence-electron chi connectivity index (χ1n) is 6.33. The molecule has 0 heterocycles. The second-order valence-electron chi connectivity index (χ2n) is 4.35. The van der Waals surface area contributed by atoms with Crippen molar-refractivity contribution in [3.63, 3.8) is 0 Å². The highest BCUT2D eigenvalue weighted by atomic mass is 35.5. The highest BCUT2D eigenvalue weighted by Crippen LogP contribution is 2.26. The normalized spacial score (nSPS) is 10.6. The van der Waals surface area contributed by atoms with E-state index in [4.69, 9.17) is 21.1 Å². The van der Waals surface area contributed by atoms with Crippen LogP contribution in [0.25, 0.3) is 0 Å². The van der Waals surface area contributed by atoms with Gasteiger partial charge in [0, 0.05) is 23.2 Å². The summed E-state index contributed by atoms with van der Waals surface area (Å²) in [4.78, 5) is 11.3. The van der Waals surface area contributed by atoms with Crippen molar-refractivity contribution in [2.24, 2.45) is 0 Å². The van der Waals surface area contributed by atoms with Crippen molar-refractivity contribution in [2.75, 3.05) is 13.2 Å². The smallest absolute Gasteiger partial charge is 0.344 e. The van der Waals surface area contributed by atoms with E-state index in [2.05, 4.69) is 19.2 Å². The number of nitrogens with one attached hydrogen (secondary N) is 1. The number of ether oxygens (including phenoxy) is 2. The molecule has 0 amide bonds. The lowest BCUT2D eigenvalue weighted by molar-refractivity contribution is -0.145. The fourth-order valence-corrected chi connectivity index (χ4v) is 1.72. The van der Waals surface area contributed by atoms with Gasteiger partial charge in [0.05, 0.1) is 6.61 Å². The summed E-state index contributed by atoms with van der Waals surface area (Å²) in [5.41, 5.74) is 0.849. The van der Waals surface area contributed by atoms with Crippen molar-refractivity contribution in [2.45, 2.75) is 33.4 Å². The van der Waals surface area contributed by atoms with Gasteiger partial charge in [-0.25, -0.2) is 4.79 Å². The van der Waals surface area contributed by atoms with E-state index in [0.29, 0.717) is 30.0 Å². The summed E-state index contributed by atoms with van der Waals surface area (Å²) in [6.45, 7) is 6.69. The minimum Gasteiger partial charge on any atom is -0.482 e. The maximum atomic E-state index is 11.3. The molecule has 0 aromatic heterocycles. The third-order valence-corrected chi connectivity index (χ3v) is 2.77. The van der Waals surface area contributed by atoms with Gasteiger partial charge in [-0.05, 0) is 19.1 Å². The van der Waals surface area contributed by atoms with Gasteiger partial charge in [-0.2, -0.15) is 0 Å². The van der Waals surface area contributed by atoms with Crippen molar-refractivity contribution in [1.82, 2.24) is 5.32 Å². The zero-order chi connectivity index (χ0) is 14.3. The standard InChI is InChI=1S/C14H20ClNO3/c1-4-18-14(17)9-19-13-7-5-6-12(15)11(13)8-16-10(2)3/h5-7,10,16H,4,8-9H2,1-3H3. The molecule has 0 aliphatic heterocycles. The lowest BCUT2D eigenvalue weighted by atomic mass is 10.2. The number of halogens is 1. The molecular weight excluding hydrogens is 266 g/mol. The number of hydrogen-bond acceptors (Lipinski definition) is 4. The van der Waals surface area contributed by atoms with Crippen molar-refractivity contribution in [3.8, 4) is 5.75 Å². The van der Waals surface area contributed by atoms with Gasteiger partial charge in [-0.1, -0.05) is 31.5 Å². The van der Waals surface area contributed by atoms with Crippen LogP contribution in [0.15, 0.2) is 18.2 Å². The van der Waals surface area contributed by atoms with E-state index < -0.39 is 0 Å². The van der Waals surface area contributed by atoms with Crippen molar-refractivity contribution < 1.29 is 14.3 Å². The SMILES string of the molecule is CCOC(=O)COc1cccc(Cl)c1CNC(C)C. The topological polar surface area (TPSA) is 47.6 Å². The molecule has 0 atom stereocenters. The summed E-state index contributed by atoms with van der Waals surface area (Å²) in [5, 5.41) is 3.90. The third-order valence-electron chi connectivity index (χ3n) is 2.41. The molecule has 19 heavy (non-hydrogen) atoms. The Morgan fingerprint density at radius 3 is 2.79 bits per heavy atom. The first-order valence-corrected chi connectivity index (χ1v) is 6.71. The Morgan fingerprint density at radius 2 is 2.16 bits per heavy atom. The Balaban J connectivity index is 2.70. The Labute approximate surface area is 119 Å². The van der Waals surface area contributed by atoms with Crippen LogP contribution in [0.5, 0.6) is 5.75 Å². The van der Waals surface area contributed by atoms with E-state index in [1.54, 1.807) is 25.1 Å². The molecule has 4 nitrogen and oxygen atoms in total. The zero-order valence-electron chi connectivity index (χ0n) is 11.5. The zero-order valence-corrected chi connectivity index (χ0v) is 12.3. The van der Waals surface area contributed by atoms with Gasteiger partial charge in [0.15, 0.2) is 6.61 Å². The van der Waals surface area contributed by atoms with Crippen LogP contribution in [0.2, 0.25) is 5.02 Å².